The van der Waals surface area contributed by atoms with Gasteiger partial charge in [-0.1, -0.05) is 18.2 Å². The molecule has 0 bridgehead atoms. The highest BCUT2D eigenvalue weighted by Crippen LogP contribution is 2.17. The van der Waals surface area contributed by atoms with Crippen molar-refractivity contribution in [2.75, 3.05) is 26.8 Å². The van der Waals surface area contributed by atoms with E-state index >= 15 is 0 Å². The van der Waals surface area contributed by atoms with Crippen molar-refractivity contribution in [1.82, 2.24) is 9.88 Å². The second-order valence-electron chi connectivity index (χ2n) is 5.64. The minimum atomic E-state index is 0.234. The number of methoxy groups -OCH3 is 1. The van der Waals surface area contributed by atoms with Crippen molar-refractivity contribution in [3.63, 3.8) is 0 Å². The monoisotopic (exact) mass is 298 g/mol. The summed E-state index contributed by atoms with van der Waals surface area (Å²) in [5.41, 5.74) is 2.51. The standard InChI is InChI=1S/C18H22N2O2/c1-21-17-6-2-4-15(10-17)11-18-14-20(8-9-22-18)13-16-5-3-7-19-12-16/h2-7,10,12,18H,8-9,11,13-14H2,1H3. The number of ether oxygens (including phenoxy) is 2. The molecule has 116 valence electrons. The van der Waals surface area contributed by atoms with Gasteiger partial charge in [0.15, 0.2) is 0 Å². The van der Waals surface area contributed by atoms with Crippen LogP contribution >= 0.6 is 0 Å². The van der Waals surface area contributed by atoms with Crippen molar-refractivity contribution in [2.24, 2.45) is 0 Å². The van der Waals surface area contributed by atoms with Crippen LogP contribution < -0.4 is 4.74 Å². The predicted octanol–water partition coefficient (Wildman–Crippen LogP) is 2.53. The van der Waals surface area contributed by atoms with Gasteiger partial charge in [-0.15, -0.1) is 0 Å². The maximum absolute atomic E-state index is 5.93. The van der Waals surface area contributed by atoms with Gasteiger partial charge in [-0.25, -0.2) is 0 Å². The fourth-order valence-corrected chi connectivity index (χ4v) is 2.86. The lowest BCUT2D eigenvalue weighted by Crippen LogP contribution is -2.42. The van der Waals surface area contributed by atoms with Crippen LogP contribution in [0.25, 0.3) is 0 Å². The van der Waals surface area contributed by atoms with Gasteiger partial charge in [0.2, 0.25) is 0 Å². The van der Waals surface area contributed by atoms with Crippen molar-refractivity contribution in [1.29, 1.82) is 0 Å². The quantitative estimate of drug-likeness (QED) is 0.849. The molecule has 4 heteroatoms. The van der Waals surface area contributed by atoms with E-state index < -0.39 is 0 Å². The van der Waals surface area contributed by atoms with Gasteiger partial charge < -0.3 is 9.47 Å². The van der Waals surface area contributed by atoms with E-state index in [1.807, 2.05) is 30.6 Å². The molecule has 0 spiro atoms. The summed E-state index contributed by atoms with van der Waals surface area (Å²) < 4.78 is 11.2. The summed E-state index contributed by atoms with van der Waals surface area (Å²) in [4.78, 5) is 6.62. The highest BCUT2D eigenvalue weighted by atomic mass is 16.5. The Morgan fingerprint density at radius 3 is 3.00 bits per heavy atom. The third-order valence-electron chi connectivity index (χ3n) is 3.95. The molecule has 4 nitrogen and oxygen atoms in total. The molecular weight excluding hydrogens is 276 g/mol. The number of hydrogen-bond acceptors (Lipinski definition) is 4. The molecule has 0 amide bonds. The normalized spacial score (nSPS) is 19.0. The fourth-order valence-electron chi connectivity index (χ4n) is 2.86. The van der Waals surface area contributed by atoms with E-state index in [2.05, 4.69) is 28.1 Å². The number of morpholine rings is 1. The average Bonchev–Trinajstić information content (AvgIpc) is 2.56. The zero-order chi connectivity index (χ0) is 15.2. The summed E-state index contributed by atoms with van der Waals surface area (Å²) in [5.74, 6) is 0.903. The molecule has 1 unspecified atom stereocenters. The van der Waals surface area contributed by atoms with Crippen molar-refractivity contribution in [3.05, 3.63) is 59.9 Å². The molecule has 1 aromatic heterocycles. The van der Waals surface area contributed by atoms with E-state index in [0.717, 1.165) is 38.4 Å². The molecule has 2 aromatic rings. The number of hydrogen-bond donors (Lipinski definition) is 0. The van der Waals surface area contributed by atoms with Gasteiger partial charge in [0.1, 0.15) is 5.75 Å². The Balaban J connectivity index is 1.58. The van der Waals surface area contributed by atoms with Gasteiger partial charge in [-0.2, -0.15) is 0 Å². The molecule has 0 N–H and O–H groups in total. The minimum absolute atomic E-state index is 0.234. The summed E-state index contributed by atoms with van der Waals surface area (Å²) in [7, 11) is 1.70. The maximum atomic E-state index is 5.93. The summed E-state index contributed by atoms with van der Waals surface area (Å²) in [5, 5.41) is 0. The van der Waals surface area contributed by atoms with Crippen LogP contribution in [0.1, 0.15) is 11.1 Å². The van der Waals surface area contributed by atoms with Gasteiger partial charge >= 0.3 is 0 Å². The molecule has 1 aliphatic rings. The first-order valence-corrected chi connectivity index (χ1v) is 7.69. The second kappa shape index (κ2) is 7.38. The molecule has 0 aliphatic carbocycles. The molecule has 1 aliphatic heterocycles. The van der Waals surface area contributed by atoms with Gasteiger partial charge in [-0.05, 0) is 29.3 Å². The number of rotatable bonds is 5. The Labute approximate surface area is 131 Å². The first-order chi connectivity index (χ1) is 10.8. The highest BCUT2D eigenvalue weighted by molar-refractivity contribution is 5.28. The fraction of sp³-hybridized carbons (Fsp3) is 0.389. The van der Waals surface area contributed by atoms with Crippen LogP contribution in [0.2, 0.25) is 0 Å². The maximum Gasteiger partial charge on any atom is 0.119 e. The topological polar surface area (TPSA) is 34.6 Å². The van der Waals surface area contributed by atoms with Crippen LogP contribution in [-0.4, -0.2) is 42.8 Å². The summed E-state index contributed by atoms with van der Waals surface area (Å²) in [6, 6.07) is 12.3. The molecule has 0 saturated carbocycles. The second-order valence-corrected chi connectivity index (χ2v) is 5.64. The lowest BCUT2D eigenvalue weighted by molar-refractivity contribution is -0.0305. The SMILES string of the molecule is COc1cccc(CC2CN(Cc3cccnc3)CCO2)c1. The Kier molecular flexibility index (Phi) is 5.03. The first-order valence-electron chi connectivity index (χ1n) is 7.69. The number of benzene rings is 1. The van der Waals surface area contributed by atoms with Gasteiger partial charge in [0.05, 0.1) is 19.8 Å². The number of nitrogens with zero attached hydrogens (tertiary/aromatic N) is 2. The van der Waals surface area contributed by atoms with E-state index in [1.54, 1.807) is 7.11 Å². The lowest BCUT2D eigenvalue weighted by Gasteiger charge is -2.33. The van der Waals surface area contributed by atoms with Crippen LogP contribution in [0, 0.1) is 0 Å². The Bertz CT molecular complexity index is 589. The Morgan fingerprint density at radius 2 is 2.18 bits per heavy atom. The van der Waals surface area contributed by atoms with Gasteiger partial charge in [0, 0.05) is 38.4 Å². The van der Waals surface area contributed by atoms with E-state index in [1.165, 1.54) is 11.1 Å². The van der Waals surface area contributed by atoms with Crippen molar-refractivity contribution < 1.29 is 9.47 Å². The first kappa shape index (κ1) is 15.0. The molecule has 22 heavy (non-hydrogen) atoms. The summed E-state index contributed by atoms with van der Waals surface area (Å²) >= 11 is 0. The largest absolute Gasteiger partial charge is 0.497 e. The molecule has 1 saturated heterocycles. The van der Waals surface area contributed by atoms with Crippen LogP contribution in [0.15, 0.2) is 48.8 Å². The summed E-state index contributed by atoms with van der Waals surface area (Å²) in [6.45, 7) is 3.65. The van der Waals surface area contributed by atoms with Crippen molar-refractivity contribution in [2.45, 2.75) is 19.1 Å². The zero-order valence-corrected chi connectivity index (χ0v) is 12.9. The Hall–Kier alpha value is -1.91. The predicted molar refractivity (Wildman–Crippen MR) is 86.0 cm³/mol. The molecule has 0 radical (unpaired) electrons. The van der Waals surface area contributed by atoms with Crippen LogP contribution in [0.5, 0.6) is 5.75 Å². The number of aromatic nitrogens is 1. The zero-order valence-electron chi connectivity index (χ0n) is 12.9. The smallest absolute Gasteiger partial charge is 0.119 e. The van der Waals surface area contributed by atoms with Crippen LogP contribution in [0.3, 0.4) is 0 Å². The van der Waals surface area contributed by atoms with E-state index in [4.69, 9.17) is 9.47 Å². The third-order valence-corrected chi connectivity index (χ3v) is 3.95. The lowest BCUT2D eigenvalue weighted by atomic mass is 10.1. The Morgan fingerprint density at radius 1 is 1.27 bits per heavy atom. The van der Waals surface area contributed by atoms with Crippen molar-refractivity contribution in [3.8, 4) is 5.75 Å². The third kappa shape index (κ3) is 4.06. The van der Waals surface area contributed by atoms with Crippen LogP contribution in [-0.2, 0) is 17.7 Å². The molecule has 2 heterocycles. The summed E-state index contributed by atoms with van der Waals surface area (Å²) in [6.07, 6.45) is 4.90. The number of pyridine rings is 1. The van der Waals surface area contributed by atoms with E-state index in [9.17, 15) is 0 Å². The van der Waals surface area contributed by atoms with Crippen molar-refractivity contribution >= 4 is 0 Å². The van der Waals surface area contributed by atoms with Gasteiger partial charge in [0.25, 0.3) is 0 Å². The molecular formula is C18H22N2O2. The molecule has 1 atom stereocenters. The minimum Gasteiger partial charge on any atom is -0.497 e. The molecule has 1 aromatic carbocycles. The average molecular weight is 298 g/mol. The highest BCUT2D eigenvalue weighted by Gasteiger charge is 2.21. The molecule has 3 rings (SSSR count). The van der Waals surface area contributed by atoms with Crippen LogP contribution in [0.4, 0.5) is 0 Å². The molecule has 1 fully saturated rings. The van der Waals surface area contributed by atoms with Gasteiger partial charge in [-0.3, -0.25) is 9.88 Å². The van der Waals surface area contributed by atoms with E-state index in [-0.39, 0.29) is 6.10 Å². The van der Waals surface area contributed by atoms with E-state index in [0.29, 0.717) is 0 Å².